The second-order valence-electron chi connectivity index (χ2n) is 19.0. The fraction of sp³-hybridized carbons (Fsp3) is 0.981. The summed E-state index contributed by atoms with van der Waals surface area (Å²) >= 11 is 0. The zero-order valence-corrected chi connectivity index (χ0v) is 40.2. The molecule has 0 aromatic heterocycles. The van der Waals surface area contributed by atoms with Gasteiger partial charge in [-0.2, -0.15) is 0 Å². The van der Waals surface area contributed by atoms with Crippen LogP contribution in [0.5, 0.6) is 0 Å². The highest BCUT2D eigenvalue weighted by Gasteiger charge is 2.44. The lowest BCUT2D eigenvalue weighted by atomic mass is 9.99. The number of carbonyl (C=O) groups is 1. The maximum atomic E-state index is 13.0. The van der Waals surface area contributed by atoms with Crippen LogP contribution in [0.15, 0.2) is 0 Å². The maximum absolute atomic E-state index is 13.0. The Morgan fingerprint density at radius 1 is 0.492 bits per heavy atom. The molecule has 0 aromatic carbocycles. The van der Waals surface area contributed by atoms with Gasteiger partial charge in [0.05, 0.1) is 25.4 Å². The van der Waals surface area contributed by atoms with Crippen molar-refractivity contribution in [2.45, 2.75) is 314 Å². The van der Waals surface area contributed by atoms with Gasteiger partial charge in [-0.15, -0.1) is 0 Å². The lowest BCUT2D eigenvalue weighted by Gasteiger charge is -2.40. The van der Waals surface area contributed by atoms with Crippen molar-refractivity contribution in [3.05, 3.63) is 0 Å². The molecule has 0 spiro atoms. The lowest BCUT2D eigenvalue weighted by Crippen LogP contribution is -2.60. The summed E-state index contributed by atoms with van der Waals surface area (Å²) in [5.41, 5.74) is 0. The van der Waals surface area contributed by atoms with E-state index < -0.39 is 49.5 Å². The molecule has 0 bridgehead atoms. The van der Waals surface area contributed by atoms with E-state index in [1.165, 1.54) is 205 Å². The van der Waals surface area contributed by atoms with E-state index in [0.717, 1.165) is 38.5 Å². The Hall–Kier alpha value is -0.810. The molecule has 9 heteroatoms. The molecule has 9 nitrogen and oxygen atoms in total. The van der Waals surface area contributed by atoms with Gasteiger partial charge in [0.15, 0.2) is 6.29 Å². The first kappa shape index (κ1) is 58.2. The summed E-state index contributed by atoms with van der Waals surface area (Å²) in [5.74, 6) is -0.138. The van der Waals surface area contributed by atoms with Crippen molar-refractivity contribution >= 4 is 5.91 Å². The summed E-state index contributed by atoms with van der Waals surface area (Å²) in [7, 11) is 0. The fourth-order valence-corrected chi connectivity index (χ4v) is 8.93. The van der Waals surface area contributed by atoms with Crippen molar-refractivity contribution < 1.29 is 39.8 Å². The van der Waals surface area contributed by atoms with Crippen LogP contribution >= 0.6 is 0 Å². The van der Waals surface area contributed by atoms with Gasteiger partial charge in [0, 0.05) is 6.42 Å². The second kappa shape index (κ2) is 43.1. The third kappa shape index (κ3) is 33.3. The predicted molar refractivity (Wildman–Crippen MR) is 254 cm³/mol. The van der Waals surface area contributed by atoms with Gasteiger partial charge < -0.3 is 40.3 Å². The van der Waals surface area contributed by atoms with Crippen LogP contribution < -0.4 is 5.32 Å². The smallest absolute Gasteiger partial charge is 0.220 e. The first-order valence-corrected chi connectivity index (χ1v) is 26.7. The summed E-state index contributed by atoms with van der Waals surface area (Å²) in [4.78, 5) is 13.0. The Labute approximate surface area is 376 Å². The van der Waals surface area contributed by atoms with Crippen molar-refractivity contribution in [2.24, 2.45) is 0 Å². The number of carbonyl (C=O) groups excluding carboxylic acids is 1. The van der Waals surface area contributed by atoms with Crippen molar-refractivity contribution in [1.82, 2.24) is 5.32 Å². The third-order valence-electron chi connectivity index (χ3n) is 13.2. The van der Waals surface area contributed by atoms with Gasteiger partial charge in [0.25, 0.3) is 0 Å². The molecule has 1 amide bonds. The number of rotatable bonds is 46. The molecule has 1 rings (SSSR count). The van der Waals surface area contributed by atoms with Gasteiger partial charge in [-0.05, 0) is 12.8 Å². The predicted octanol–water partition coefficient (Wildman–Crippen LogP) is 12.3. The van der Waals surface area contributed by atoms with Crippen molar-refractivity contribution in [3.63, 3.8) is 0 Å². The first-order valence-electron chi connectivity index (χ1n) is 26.7. The van der Waals surface area contributed by atoms with Crippen LogP contribution in [-0.4, -0.2) is 87.5 Å². The van der Waals surface area contributed by atoms with Gasteiger partial charge in [-0.3, -0.25) is 4.79 Å². The van der Waals surface area contributed by atoms with Crippen LogP contribution in [0.4, 0.5) is 0 Å². The first-order chi connectivity index (χ1) is 29.8. The van der Waals surface area contributed by atoms with Crippen molar-refractivity contribution in [3.8, 4) is 0 Å². The molecule has 0 aromatic rings. The number of hydrogen-bond donors (Lipinski definition) is 6. The zero-order valence-electron chi connectivity index (χ0n) is 40.2. The molecule has 1 aliphatic rings. The SMILES string of the molecule is CCCCCCCCCCCCCCCCCCCCCCCCCC(=O)NC(COC1OC(CO)C(O)C(O)C1O)C(O)CCCCCCCCCCCCCCCCC. The molecular formula is C52H103NO8. The largest absolute Gasteiger partial charge is 0.394 e. The normalized spacial score (nSPS) is 20.3. The minimum absolute atomic E-state index is 0.131. The quantitative estimate of drug-likeness (QED) is 0.0331. The Morgan fingerprint density at radius 3 is 1.16 bits per heavy atom. The van der Waals surface area contributed by atoms with E-state index in [9.17, 15) is 30.3 Å². The molecule has 6 N–H and O–H groups in total. The van der Waals surface area contributed by atoms with Gasteiger partial charge in [-0.1, -0.05) is 251 Å². The maximum Gasteiger partial charge on any atom is 0.220 e. The van der Waals surface area contributed by atoms with Gasteiger partial charge in [0.2, 0.25) is 5.91 Å². The van der Waals surface area contributed by atoms with Crippen LogP contribution in [0.1, 0.15) is 271 Å². The molecule has 1 heterocycles. The van der Waals surface area contributed by atoms with Gasteiger partial charge >= 0.3 is 0 Å². The highest BCUT2D eigenvalue weighted by Crippen LogP contribution is 2.23. The number of aliphatic hydroxyl groups is 5. The second-order valence-corrected chi connectivity index (χ2v) is 19.0. The van der Waals surface area contributed by atoms with E-state index in [1.807, 2.05) is 0 Å². The topological polar surface area (TPSA) is 149 Å². The molecule has 0 aliphatic carbocycles. The number of ether oxygens (including phenoxy) is 2. The molecule has 0 saturated carbocycles. The van der Waals surface area contributed by atoms with Crippen molar-refractivity contribution in [2.75, 3.05) is 13.2 Å². The zero-order chi connectivity index (χ0) is 44.4. The molecule has 0 radical (unpaired) electrons. The molecule has 1 fully saturated rings. The molecule has 7 atom stereocenters. The van der Waals surface area contributed by atoms with Crippen LogP contribution in [0.2, 0.25) is 0 Å². The monoisotopic (exact) mass is 870 g/mol. The Balaban J connectivity index is 2.21. The highest BCUT2D eigenvalue weighted by molar-refractivity contribution is 5.76. The van der Waals surface area contributed by atoms with E-state index in [-0.39, 0.29) is 12.5 Å². The van der Waals surface area contributed by atoms with E-state index >= 15 is 0 Å². The summed E-state index contributed by atoms with van der Waals surface area (Å²) < 4.78 is 11.3. The number of aliphatic hydroxyl groups excluding tert-OH is 5. The molecule has 1 aliphatic heterocycles. The summed E-state index contributed by atoms with van der Waals surface area (Å²) in [6, 6.07) is -0.712. The fourth-order valence-electron chi connectivity index (χ4n) is 8.93. The molecule has 61 heavy (non-hydrogen) atoms. The van der Waals surface area contributed by atoms with E-state index in [2.05, 4.69) is 19.2 Å². The number of amides is 1. The summed E-state index contributed by atoms with van der Waals surface area (Å²) in [6.45, 7) is 3.87. The van der Waals surface area contributed by atoms with E-state index in [0.29, 0.717) is 12.8 Å². The Kier molecular flexibility index (Phi) is 41.1. The standard InChI is InChI=1S/C52H103NO8/c1-3-5-7-9-11-13-15-17-19-20-21-22-23-24-25-26-28-30-32-34-36-38-40-42-48(56)53-45(44-60-52-51(59)50(58)49(57)47(43-54)61-52)46(55)41-39-37-35-33-31-29-27-18-16-14-12-10-8-6-4-2/h45-47,49-52,54-55,57-59H,3-44H2,1-2H3,(H,53,56). The van der Waals surface area contributed by atoms with E-state index in [1.54, 1.807) is 0 Å². The number of unbranched alkanes of at least 4 members (excludes halogenated alkanes) is 36. The highest BCUT2D eigenvalue weighted by atomic mass is 16.7. The average molecular weight is 870 g/mol. The average Bonchev–Trinajstić information content (AvgIpc) is 3.26. The van der Waals surface area contributed by atoms with Crippen LogP contribution in [0.3, 0.4) is 0 Å². The summed E-state index contributed by atoms with van der Waals surface area (Å²) in [5, 5.41) is 54.5. The molecular weight excluding hydrogens is 767 g/mol. The van der Waals surface area contributed by atoms with Crippen LogP contribution in [0.25, 0.3) is 0 Å². The minimum atomic E-state index is -1.55. The molecule has 1 saturated heterocycles. The Bertz CT molecular complexity index is 924. The number of hydrogen-bond acceptors (Lipinski definition) is 8. The van der Waals surface area contributed by atoms with Crippen LogP contribution in [0, 0.1) is 0 Å². The summed E-state index contributed by atoms with van der Waals surface area (Å²) in [6.07, 6.45) is 42.6. The Morgan fingerprint density at radius 2 is 0.820 bits per heavy atom. The van der Waals surface area contributed by atoms with Crippen LogP contribution in [-0.2, 0) is 14.3 Å². The minimum Gasteiger partial charge on any atom is -0.394 e. The van der Waals surface area contributed by atoms with Gasteiger partial charge in [-0.25, -0.2) is 0 Å². The molecule has 364 valence electrons. The molecule has 7 unspecified atom stereocenters. The van der Waals surface area contributed by atoms with Crippen molar-refractivity contribution in [1.29, 1.82) is 0 Å². The third-order valence-corrected chi connectivity index (χ3v) is 13.2. The van der Waals surface area contributed by atoms with E-state index in [4.69, 9.17) is 9.47 Å². The van der Waals surface area contributed by atoms with Gasteiger partial charge in [0.1, 0.15) is 24.4 Å². The number of nitrogens with one attached hydrogen (secondary N) is 1. The lowest BCUT2D eigenvalue weighted by molar-refractivity contribution is -0.302.